The van der Waals surface area contributed by atoms with E-state index in [9.17, 15) is 9.59 Å². The van der Waals surface area contributed by atoms with Crippen molar-refractivity contribution in [2.75, 3.05) is 0 Å². The highest BCUT2D eigenvalue weighted by atomic mass is 16.2. The van der Waals surface area contributed by atoms with Gasteiger partial charge in [0.15, 0.2) is 11.2 Å². The fourth-order valence-corrected chi connectivity index (χ4v) is 4.96. The van der Waals surface area contributed by atoms with Gasteiger partial charge >= 0.3 is 5.69 Å². The van der Waals surface area contributed by atoms with Crippen molar-refractivity contribution in [3.8, 4) is 22.5 Å². The molecule has 10 heteroatoms. The number of aromatic nitrogens is 8. The number of fused-ring (bicyclic) bond motifs is 1. The quantitative estimate of drug-likeness (QED) is 0.353. The summed E-state index contributed by atoms with van der Waals surface area (Å²) in [4.78, 5) is 31.3. The second-order valence-corrected chi connectivity index (χ2v) is 9.50. The smallest absolute Gasteiger partial charge is 0.318 e. The first-order valence-electron chi connectivity index (χ1n) is 12.7. The molecule has 0 bridgehead atoms. The molecule has 0 atom stereocenters. The second kappa shape index (κ2) is 9.27. The van der Waals surface area contributed by atoms with Gasteiger partial charge < -0.3 is 4.57 Å². The number of nitrogens with zero attached hydrogens (tertiary/aromatic N) is 7. The molecule has 188 valence electrons. The zero-order valence-corrected chi connectivity index (χ0v) is 20.9. The molecule has 0 aliphatic heterocycles. The number of aryl methyl sites for hydroxylation is 1. The van der Waals surface area contributed by atoms with Gasteiger partial charge in [0.25, 0.3) is 5.56 Å². The molecule has 3 heterocycles. The Morgan fingerprint density at radius 1 is 0.946 bits per heavy atom. The molecule has 1 aliphatic carbocycles. The van der Waals surface area contributed by atoms with E-state index in [1.807, 2.05) is 42.7 Å². The van der Waals surface area contributed by atoms with Crippen LogP contribution in [0.15, 0.2) is 58.1 Å². The first-order valence-corrected chi connectivity index (χ1v) is 12.7. The number of tetrazole rings is 1. The predicted molar refractivity (Wildman–Crippen MR) is 140 cm³/mol. The highest BCUT2D eigenvalue weighted by Gasteiger charge is 2.27. The van der Waals surface area contributed by atoms with Gasteiger partial charge in [-0.15, -0.1) is 10.2 Å². The van der Waals surface area contributed by atoms with Gasteiger partial charge in [-0.2, -0.15) is 5.21 Å². The number of nitrogens with one attached hydrogen (secondary N) is 1. The minimum absolute atomic E-state index is 0.260. The summed E-state index contributed by atoms with van der Waals surface area (Å²) in [5.41, 5.74) is 4.45. The molecule has 0 spiro atoms. The summed E-state index contributed by atoms with van der Waals surface area (Å²) in [5.74, 6) is 1.83. The van der Waals surface area contributed by atoms with Gasteiger partial charge in [-0.25, -0.2) is 9.78 Å². The fraction of sp³-hybridized carbons (Fsp3) is 0.333. The third-order valence-electron chi connectivity index (χ3n) is 7.08. The van der Waals surface area contributed by atoms with Crippen molar-refractivity contribution in [2.24, 2.45) is 5.92 Å². The third kappa shape index (κ3) is 4.08. The molecule has 1 saturated carbocycles. The van der Waals surface area contributed by atoms with Gasteiger partial charge in [0.1, 0.15) is 5.82 Å². The first-order chi connectivity index (χ1) is 18.1. The fourth-order valence-electron chi connectivity index (χ4n) is 4.96. The number of H-pyrrole nitrogens is 1. The molecular weight excluding hydrogens is 468 g/mol. The highest BCUT2D eigenvalue weighted by molar-refractivity contribution is 5.80. The van der Waals surface area contributed by atoms with Crippen molar-refractivity contribution in [1.82, 2.24) is 39.3 Å². The van der Waals surface area contributed by atoms with Crippen LogP contribution in [0.25, 0.3) is 33.7 Å². The average Bonchev–Trinajstić information content (AvgIpc) is 3.43. The zero-order valence-electron chi connectivity index (χ0n) is 20.9. The molecule has 37 heavy (non-hydrogen) atoms. The molecule has 0 saturated heterocycles. The molecule has 6 rings (SSSR count). The van der Waals surface area contributed by atoms with Crippen LogP contribution in [0.5, 0.6) is 0 Å². The molecular formula is C27H28N8O2. The Kier molecular flexibility index (Phi) is 5.78. The number of benzene rings is 2. The molecule has 2 aromatic carbocycles. The summed E-state index contributed by atoms with van der Waals surface area (Å²) in [7, 11) is 0. The normalized spacial score (nSPS) is 13.5. The van der Waals surface area contributed by atoms with Crippen LogP contribution in [0, 0.1) is 5.92 Å². The van der Waals surface area contributed by atoms with E-state index in [-0.39, 0.29) is 11.2 Å². The topological polar surface area (TPSA) is 116 Å². The Balaban J connectivity index is 1.41. The summed E-state index contributed by atoms with van der Waals surface area (Å²) >= 11 is 0. The van der Waals surface area contributed by atoms with Crippen molar-refractivity contribution >= 4 is 11.2 Å². The van der Waals surface area contributed by atoms with Crippen molar-refractivity contribution in [3.05, 3.63) is 80.8 Å². The van der Waals surface area contributed by atoms with E-state index < -0.39 is 0 Å². The average molecular weight is 497 g/mol. The van der Waals surface area contributed by atoms with Crippen LogP contribution in [0.4, 0.5) is 0 Å². The van der Waals surface area contributed by atoms with Gasteiger partial charge in [0, 0.05) is 31.6 Å². The molecule has 0 amide bonds. The third-order valence-corrected chi connectivity index (χ3v) is 7.08. The molecule has 0 unspecified atom stereocenters. The maximum atomic E-state index is 13.4. The highest BCUT2D eigenvalue weighted by Crippen LogP contribution is 2.31. The van der Waals surface area contributed by atoms with Crippen LogP contribution in [-0.2, 0) is 26.1 Å². The predicted octanol–water partition coefficient (Wildman–Crippen LogP) is 3.25. The molecule has 3 aromatic heterocycles. The Labute approximate surface area is 212 Å². The summed E-state index contributed by atoms with van der Waals surface area (Å²) in [6.45, 7) is 5.30. The van der Waals surface area contributed by atoms with E-state index in [2.05, 4.69) is 44.9 Å². The van der Waals surface area contributed by atoms with Crippen LogP contribution < -0.4 is 11.2 Å². The maximum absolute atomic E-state index is 13.4. The van der Waals surface area contributed by atoms with Gasteiger partial charge in [-0.05, 0) is 47.6 Å². The lowest BCUT2D eigenvalue weighted by atomic mass is 9.98. The Bertz CT molecular complexity index is 1690. The zero-order chi connectivity index (χ0) is 25.5. The summed E-state index contributed by atoms with van der Waals surface area (Å²) < 4.78 is 5.03. The van der Waals surface area contributed by atoms with Crippen molar-refractivity contribution in [1.29, 1.82) is 0 Å². The van der Waals surface area contributed by atoms with E-state index >= 15 is 0 Å². The number of hydrogen-bond donors (Lipinski definition) is 1. The summed E-state index contributed by atoms with van der Waals surface area (Å²) in [6, 6.07) is 16.2. The van der Waals surface area contributed by atoms with Crippen LogP contribution >= 0.6 is 0 Å². The monoisotopic (exact) mass is 496 g/mol. The van der Waals surface area contributed by atoms with Crippen LogP contribution in [0.1, 0.15) is 38.1 Å². The van der Waals surface area contributed by atoms with Gasteiger partial charge in [-0.3, -0.25) is 13.9 Å². The molecule has 5 aromatic rings. The summed E-state index contributed by atoms with van der Waals surface area (Å²) in [6.07, 6.45) is 2.89. The SMILES string of the molecule is CCc1nc2c(c(=O)n(CC)c(=O)n2CC2CC2)n1Cc1ccc(-c2ccccc2-c2nn[nH]n2)cc1. The number of rotatable bonds is 8. The second-order valence-electron chi connectivity index (χ2n) is 9.50. The lowest BCUT2D eigenvalue weighted by molar-refractivity contribution is 0.554. The van der Waals surface area contributed by atoms with Crippen molar-refractivity contribution in [2.45, 2.75) is 52.7 Å². The van der Waals surface area contributed by atoms with Crippen LogP contribution in [0.3, 0.4) is 0 Å². The maximum Gasteiger partial charge on any atom is 0.332 e. The number of aromatic amines is 1. The van der Waals surface area contributed by atoms with Crippen molar-refractivity contribution < 1.29 is 0 Å². The lowest BCUT2D eigenvalue weighted by Gasteiger charge is -2.12. The molecule has 10 nitrogen and oxygen atoms in total. The molecule has 1 N–H and O–H groups in total. The standard InChI is InChI=1S/C27H28N8O2/c1-3-22-28-25-23(26(36)33(4-2)27(37)35(25)16-17-9-10-17)34(22)15-18-11-13-19(14-12-18)20-7-5-6-8-21(20)24-29-31-32-30-24/h5-8,11-14,17H,3-4,9-10,15-16H2,1-2H3,(H,29,30,31,32). The minimum atomic E-state index is -0.271. The Morgan fingerprint density at radius 3 is 2.35 bits per heavy atom. The van der Waals surface area contributed by atoms with Gasteiger partial charge in [0.2, 0.25) is 5.82 Å². The van der Waals surface area contributed by atoms with Gasteiger partial charge in [0.05, 0.1) is 0 Å². The largest absolute Gasteiger partial charge is 0.332 e. The van der Waals surface area contributed by atoms with E-state index in [1.54, 1.807) is 4.57 Å². The van der Waals surface area contributed by atoms with E-state index in [4.69, 9.17) is 4.98 Å². The number of imidazole rings is 1. The minimum Gasteiger partial charge on any atom is -0.318 e. The first kappa shape index (κ1) is 23.1. The van der Waals surface area contributed by atoms with E-state index in [0.29, 0.717) is 49.0 Å². The molecule has 0 radical (unpaired) electrons. The van der Waals surface area contributed by atoms with E-state index in [0.717, 1.165) is 40.9 Å². The molecule has 1 aliphatic rings. The molecule has 1 fully saturated rings. The Morgan fingerprint density at radius 2 is 1.70 bits per heavy atom. The van der Waals surface area contributed by atoms with Crippen LogP contribution in [0.2, 0.25) is 0 Å². The van der Waals surface area contributed by atoms with E-state index in [1.165, 1.54) is 4.57 Å². The summed E-state index contributed by atoms with van der Waals surface area (Å²) in [5, 5.41) is 14.5. The Hall–Kier alpha value is -4.34. The van der Waals surface area contributed by atoms with Crippen LogP contribution in [-0.4, -0.2) is 39.3 Å². The van der Waals surface area contributed by atoms with Crippen molar-refractivity contribution in [3.63, 3.8) is 0 Å². The van der Waals surface area contributed by atoms with Gasteiger partial charge in [-0.1, -0.05) is 55.5 Å². The lowest BCUT2D eigenvalue weighted by Crippen LogP contribution is -2.40. The number of hydrogen-bond acceptors (Lipinski definition) is 6.